The summed E-state index contributed by atoms with van der Waals surface area (Å²) in [5.41, 5.74) is 4.77. The third-order valence-electron chi connectivity index (χ3n) is 3.80. The fourth-order valence-electron chi connectivity index (χ4n) is 2.93. The fourth-order valence-corrected chi connectivity index (χ4v) is 2.93. The molecule has 1 aliphatic heterocycles. The molecule has 0 radical (unpaired) electrons. The average Bonchev–Trinajstić information content (AvgIpc) is 2.84. The fraction of sp³-hybridized carbons (Fsp3) is 0.824. The quantitative estimate of drug-likeness (QED) is 0.769. The molecule has 7 nitrogen and oxygen atoms in total. The predicted molar refractivity (Wildman–Crippen MR) is 91.2 cm³/mol. The molecular weight excluding hydrogens is 310 g/mol. The van der Waals surface area contributed by atoms with Gasteiger partial charge in [0.25, 0.3) is 0 Å². The minimum Gasteiger partial charge on any atom is -0.444 e. The number of primary amides is 1. The summed E-state index contributed by atoms with van der Waals surface area (Å²) in [6, 6.07) is -0.861. The van der Waals surface area contributed by atoms with Gasteiger partial charge in [-0.3, -0.25) is 9.59 Å². The number of hydrogen-bond donors (Lipinski definition) is 2. The molecular formula is C17H31N3O4. The second-order valence-corrected chi connectivity index (χ2v) is 7.82. The molecule has 0 aromatic heterocycles. The zero-order valence-electron chi connectivity index (χ0n) is 15.4. The van der Waals surface area contributed by atoms with Gasteiger partial charge >= 0.3 is 6.09 Å². The highest BCUT2D eigenvalue weighted by Crippen LogP contribution is 2.20. The van der Waals surface area contributed by atoms with E-state index in [0.29, 0.717) is 25.3 Å². The minimum atomic E-state index is -0.595. The van der Waals surface area contributed by atoms with Crippen LogP contribution in [0.5, 0.6) is 0 Å². The molecule has 0 aromatic rings. The predicted octanol–water partition coefficient (Wildman–Crippen LogP) is 1.79. The molecule has 0 aromatic carbocycles. The topological polar surface area (TPSA) is 102 Å². The first kappa shape index (κ1) is 20.3. The van der Waals surface area contributed by atoms with Gasteiger partial charge in [-0.25, -0.2) is 4.79 Å². The van der Waals surface area contributed by atoms with E-state index in [2.05, 4.69) is 5.32 Å². The second kappa shape index (κ2) is 8.35. The normalized spacial score (nSPS) is 19.2. The van der Waals surface area contributed by atoms with E-state index in [-0.39, 0.29) is 18.4 Å². The Kier molecular flexibility index (Phi) is 7.05. The van der Waals surface area contributed by atoms with Gasteiger partial charge in [-0.15, -0.1) is 0 Å². The first-order chi connectivity index (χ1) is 11.0. The van der Waals surface area contributed by atoms with Crippen molar-refractivity contribution >= 4 is 17.9 Å². The Bertz CT molecular complexity index is 471. The molecule has 3 N–H and O–H groups in total. The molecule has 24 heavy (non-hydrogen) atoms. The Morgan fingerprint density at radius 1 is 1.29 bits per heavy atom. The molecule has 1 rings (SSSR count). The lowest BCUT2D eigenvalue weighted by atomic mass is 10.0. The van der Waals surface area contributed by atoms with Crippen molar-refractivity contribution in [3.05, 3.63) is 0 Å². The van der Waals surface area contributed by atoms with E-state index in [0.717, 1.165) is 6.42 Å². The van der Waals surface area contributed by atoms with Gasteiger partial charge in [0, 0.05) is 19.0 Å². The van der Waals surface area contributed by atoms with Crippen molar-refractivity contribution in [3.63, 3.8) is 0 Å². The molecule has 3 amide bonds. The highest BCUT2D eigenvalue weighted by molar-refractivity contribution is 5.87. The van der Waals surface area contributed by atoms with E-state index in [1.54, 1.807) is 20.8 Å². The van der Waals surface area contributed by atoms with Crippen LogP contribution in [0, 0.1) is 5.92 Å². The van der Waals surface area contributed by atoms with Crippen LogP contribution in [-0.2, 0) is 14.3 Å². The van der Waals surface area contributed by atoms with Crippen molar-refractivity contribution in [3.8, 4) is 0 Å². The molecule has 0 saturated carbocycles. The maximum Gasteiger partial charge on any atom is 0.407 e. The standard InChI is InChI=1S/C17H31N3O4/c1-11(2)9-12(19-16(23)24-17(3,4)5)10-14(21)20-8-6-7-13(20)15(18)22/h11-13H,6-10H2,1-5H3,(H2,18,22)(H,19,23)/t12-,13-/m0/s1. The number of carbonyl (C=O) groups excluding carboxylic acids is 3. The van der Waals surface area contributed by atoms with Crippen LogP contribution >= 0.6 is 0 Å². The average molecular weight is 341 g/mol. The minimum absolute atomic E-state index is 0.140. The van der Waals surface area contributed by atoms with Crippen molar-refractivity contribution in [1.29, 1.82) is 0 Å². The van der Waals surface area contributed by atoms with Crippen molar-refractivity contribution < 1.29 is 19.1 Å². The van der Waals surface area contributed by atoms with Crippen LogP contribution < -0.4 is 11.1 Å². The maximum atomic E-state index is 12.5. The van der Waals surface area contributed by atoms with Crippen LogP contribution in [-0.4, -0.2) is 47.0 Å². The largest absolute Gasteiger partial charge is 0.444 e. The summed E-state index contributed by atoms with van der Waals surface area (Å²) in [5.74, 6) is -0.317. The number of likely N-dealkylation sites (tertiary alicyclic amines) is 1. The number of rotatable bonds is 6. The molecule has 1 saturated heterocycles. The number of amides is 3. The number of nitrogens with one attached hydrogen (secondary N) is 1. The van der Waals surface area contributed by atoms with Crippen molar-refractivity contribution in [1.82, 2.24) is 10.2 Å². The Morgan fingerprint density at radius 3 is 2.42 bits per heavy atom. The van der Waals surface area contributed by atoms with Gasteiger partial charge in [-0.2, -0.15) is 0 Å². The van der Waals surface area contributed by atoms with E-state index < -0.39 is 23.6 Å². The van der Waals surface area contributed by atoms with E-state index in [9.17, 15) is 14.4 Å². The zero-order valence-corrected chi connectivity index (χ0v) is 15.4. The number of hydrogen-bond acceptors (Lipinski definition) is 4. The zero-order chi connectivity index (χ0) is 18.5. The maximum absolute atomic E-state index is 12.5. The Balaban J connectivity index is 2.69. The van der Waals surface area contributed by atoms with Gasteiger partial charge in [0.1, 0.15) is 11.6 Å². The van der Waals surface area contributed by atoms with E-state index >= 15 is 0 Å². The number of ether oxygens (including phenoxy) is 1. The molecule has 0 unspecified atom stereocenters. The van der Waals surface area contributed by atoms with Gasteiger partial charge < -0.3 is 20.7 Å². The van der Waals surface area contributed by atoms with Crippen molar-refractivity contribution in [2.45, 2.75) is 78.0 Å². The van der Waals surface area contributed by atoms with Crippen LogP contribution in [0.2, 0.25) is 0 Å². The molecule has 7 heteroatoms. The Hall–Kier alpha value is -1.79. The summed E-state index contributed by atoms with van der Waals surface area (Å²) in [7, 11) is 0. The smallest absolute Gasteiger partial charge is 0.407 e. The van der Waals surface area contributed by atoms with Gasteiger partial charge in [-0.05, 0) is 46.0 Å². The third-order valence-corrected chi connectivity index (χ3v) is 3.80. The molecule has 138 valence electrons. The van der Waals surface area contributed by atoms with Crippen LogP contribution in [0.1, 0.15) is 60.3 Å². The summed E-state index contributed by atoms with van der Waals surface area (Å²) < 4.78 is 5.27. The van der Waals surface area contributed by atoms with E-state index in [1.807, 2.05) is 13.8 Å². The van der Waals surface area contributed by atoms with Gasteiger partial charge in [0.05, 0.1) is 0 Å². The number of nitrogens with two attached hydrogens (primary N) is 1. The molecule has 1 fully saturated rings. The van der Waals surface area contributed by atoms with Gasteiger partial charge in [0.15, 0.2) is 0 Å². The third kappa shape index (κ3) is 6.76. The second-order valence-electron chi connectivity index (χ2n) is 7.82. The molecule has 1 aliphatic rings. The molecule has 0 spiro atoms. The lowest BCUT2D eigenvalue weighted by Crippen LogP contribution is -2.47. The summed E-state index contributed by atoms with van der Waals surface area (Å²) in [6.45, 7) is 9.95. The van der Waals surface area contributed by atoms with Crippen LogP contribution in [0.25, 0.3) is 0 Å². The number of carbonyl (C=O) groups is 3. The summed E-state index contributed by atoms with van der Waals surface area (Å²) in [5, 5.41) is 2.78. The van der Waals surface area contributed by atoms with Crippen LogP contribution in [0.3, 0.4) is 0 Å². The number of alkyl carbamates (subject to hydrolysis) is 1. The molecule has 0 bridgehead atoms. The summed E-state index contributed by atoms with van der Waals surface area (Å²) in [4.78, 5) is 37.5. The summed E-state index contributed by atoms with van der Waals surface area (Å²) >= 11 is 0. The van der Waals surface area contributed by atoms with Gasteiger partial charge in [0.2, 0.25) is 11.8 Å². The molecule has 1 heterocycles. The van der Waals surface area contributed by atoms with Gasteiger partial charge in [-0.1, -0.05) is 13.8 Å². The monoisotopic (exact) mass is 341 g/mol. The first-order valence-corrected chi connectivity index (χ1v) is 8.58. The Labute approximate surface area is 144 Å². The Morgan fingerprint density at radius 2 is 1.92 bits per heavy atom. The lowest BCUT2D eigenvalue weighted by molar-refractivity contribution is -0.137. The van der Waals surface area contributed by atoms with Crippen LogP contribution in [0.4, 0.5) is 4.79 Å². The summed E-state index contributed by atoms with van der Waals surface area (Å²) in [6.07, 6.45) is 1.64. The first-order valence-electron chi connectivity index (χ1n) is 8.58. The van der Waals surface area contributed by atoms with Crippen molar-refractivity contribution in [2.24, 2.45) is 11.7 Å². The molecule has 0 aliphatic carbocycles. The highest BCUT2D eigenvalue weighted by Gasteiger charge is 2.34. The lowest BCUT2D eigenvalue weighted by Gasteiger charge is -2.27. The van der Waals surface area contributed by atoms with E-state index in [4.69, 9.17) is 10.5 Å². The van der Waals surface area contributed by atoms with E-state index in [1.165, 1.54) is 4.90 Å². The number of nitrogens with zero attached hydrogens (tertiary/aromatic N) is 1. The molecule has 2 atom stereocenters. The van der Waals surface area contributed by atoms with Crippen LogP contribution in [0.15, 0.2) is 0 Å². The highest BCUT2D eigenvalue weighted by atomic mass is 16.6. The SMILES string of the molecule is CC(C)C[C@@H](CC(=O)N1CCC[C@H]1C(N)=O)NC(=O)OC(C)(C)C. The van der Waals surface area contributed by atoms with Crippen molar-refractivity contribution in [2.75, 3.05) is 6.54 Å².